The van der Waals surface area contributed by atoms with Gasteiger partial charge in [0.1, 0.15) is 0 Å². The second-order valence-corrected chi connectivity index (χ2v) is 5.96. The Balaban J connectivity index is 2.58. The molecule has 2 nitrogen and oxygen atoms in total. The van der Waals surface area contributed by atoms with Gasteiger partial charge in [0.2, 0.25) is 0 Å². The molecular formula is C14H25NO. The normalized spacial score (nSPS) is 14.4. The van der Waals surface area contributed by atoms with Crippen molar-refractivity contribution in [1.82, 2.24) is 5.32 Å². The largest absolute Gasteiger partial charge is 0.472 e. The van der Waals surface area contributed by atoms with Crippen LogP contribution in [-0.4, -0.2) is 12.6 Å². The molecule has 0 bridgehead atoms. The smallest absolute Gasteiger partial charge is 0.0934 e. The van der Waals surface area contributed by atoms with E-state index in [2.05, 4.69) is 46.0 Å². The maximum Gasteiger partial charge on any atom is 0.0934 e. The van der Waals surface area contributed by atoms with E-state index in [9.17, 15) is 0 Å². The SMILES string of the molecule is CC(C)NCC(Cc1ccoc1)C(C)(C)C. The first-order chi connectivity index (χ1) is 7.39. The lowest BCUT2D eigenvalue weighted by molar-refractivity contribution is 0.226. The van der Waals surface area contributed by atoms with Crippen molar-refractivity contribution in [3.63, 3.8) is 0 Å². The predicted octanol–water partition coefficient (Wildman–Crippen LogP) is 3.48. The maximum atomic E-state index is 5.13. The fraction of sp³-hybridized carbons (Fsp3) is 0.714. The zero-order valence-electron chi connectivity index (χ0n) is 11.2. The van der Waals surface area contributed by atoms with E-state index in [0.717, 1.165) is 13.0 Å². The summed E-state index contributed by atoms with van der Waals surface area (Å²) in [7, 11) is 0. The Kier molecular flexibility index (Phi) is 4.60. The summed E-state index contributed by atoms with van der Waals surface area (Å²) in [5.74, 6) is 0.632. The standard InChI is InChI=1S/C14H25NO/c1-11(2)15-9-13(14(3,4)5)8-12-6-7-16-10-12/h6-7,10-11,13,15H,8-9H2,1-5H3. The molecule has 2 heteroatoms. The van der Waals surface area contributed by atoms with E-state index >= 15 is 0 Å². The Morgan fingerprint density at radius 3 is 2.44 bits per heavy atom. The third-order valence-electron chi connectivity index (χ3n) is 3.06. The zero-order valence-corrected chi connectivity index (χ0v) is 11.2. The lowest BCUT2D eigenvalue weighted by atomic mass is 9.77. The monoisotopic (exact) mass is 223 g/mol. The van der Waals surface area contributed by atoms with Crippen LogP contribution in [0.2, 0.25) is 0 Å². The van der Waals surface area contributed by atoms with Crippen LogP contribution in [0.3, 0.4) is 0 Å². The van der Waals surface area contributed by atoms with Crippen LogP contribution in [0.4, 0.5) is 0 Å². The van der Waals surface area contributed by atoms with E-state index in [1.807, 2.05) is 6.26 Å². The molecule has 0 spiro atoms. The Morgan fingerprint density at radius 1 is 1.31 bits per heavy atom. The van der Waals surface area contributed by atoms with Crippen LogP contribution in [0.25, 0.3) is 0 Å². The third kappa shape index (κ3) is 4.40. The van der Waals surface area contributed by atoms with Crippen LogP contribution in [0.5, 0.6) is 0 Å². The molecule has 1 aromatic rings. The van der Waals surface area contributed by atoms with Gasteiger partial charge in [-0.25, -0.2) is 0 Å². The van der Waals surface area contributed by atoms with Crippen molar-refractivity contribution >= 4 is 0 Å². The first kappa shape index (κ1) is 13.3. The van der Waals surface area contributed by atoms with E-state index in [1.165, 1.54) is 5.56 Å². The second-order valence-electron chi connectivity index (χ2n) is 5.96. The molecule has 1 aromatic heterocycles. The van der Waals surface area contributed by atoms with Gasteiger partial charge in [0.15, 0.2) is 0 Å². The minimum Gasteiger partial charge on any atom is -0.472 e. The van der Waals surface area contributed by atoms with Gasteiger partial charge >= 0.3 is 0 Å². The highest BCUT2D eigenvalue weighted by atomic mass is 16.3. The topological polar surface area (TPSA) is 25.2 Å². The summed E-state index contributed by atoms with van der Waals surface area (Å²) >= 11 is 0. The summed E-state index contributed by atoms with van der Waals surface area (Å²) in [6, 6.07) is 2.61. The summed E-state index contributed by atoms with van der Waals surface area (Å²) in [4.78, 5) is 0. The van der Waals surface area contributed by atoms with Crippen molar-refractivity contribution in [3.8, 4) is 0 Å². The van der Waals surface area contributed by atoms with Crippen LogP contribution < -0.4 is 5.32 Å². The van der Waals surface area contributed by atoms with Crippen molar-refractivity contribution in [2.75, 3.05) is 6.54 Å². The van der Waals surface area contributed by atoms with Gasteiger partial charge in [-0.1, -0.05) is 34.6 Å². The van der Waals surface area contributed by atoms with E-state index in [4.69, 9.17) is 4.42 Å². The average molecular weight is 223 g/mol. The van der Waals surface area contributed by atoms with E-state index in [-0.39, 0.29) is 0 Å². The molecule has 1 unspecified atom stereocenters. The predicted molar refractivity (Wildman–Crippen MR) is 68.5 cm³/mol. The third-order valence-corrected chi connectivity index (χ3v) is 3.06. The quantitative estimate of drug-likeness (QED) is 0.826. The van der Waals surface area contributed by atoms with Gasteiger partial charge in [0, 0.05) is 6.04 Å². The Hall–Kier alpha value is -0.760. The maximum absolute atomic E-state index is 5.13. The first-order valence-corrected chi connectivity index (χ1v) is 6.14. The van der Waals surface area contributed by atoms with Crippen molar-refractivity contribution in [3.05, 3.63) is 24.2 Å². The van der Waals surface area contributed by atoms with Crippen LogP contribution >= 0.6 is 0 Å². The van der Waals surface area contributed by atoms with Crippen molar-refractivity contribution in [2.24, 2.45) is 11.3 Å². The van der Waals surface area contributed by atoms with Gasteiger partial charge in [-0.2, -0.15) is 0 Å². The van der Waals surface area contributed by atoms with Gasteiger partial charge in [-0.05, 0) is 35.9 Å². The fourth-order valence-electron chi connectivity index (χ4n) is 1.76. The molecule has 92 valence electrons. The Morgan fingerprint density at radius 2 is 2.00 bits per heavy atom. The first-order valence-electron chi connectivity index (χ1n) is 6.14. The summed E-state index contributed by atoms with van der Waals surface area (Å²) < 4.78 is 5.13. The molecule has 0 radical (unpaired) electrons. The van der Waals surface area contributed by atoms with Gasteiger partial charge in [-0.3, -0.25) is 0 Å². The second kappa shape index (κ2) is 5.53. The van der Waals surface area contributed by atoms with E-state index in [1.54, 1.807) is 6.26 Å². The highest BCUT2D eigenvalue weighted by molar-refractivity contribution is 5.07. The number of rotatable bonds is 5. The minimum atomic E-state index is 0.319. The fourth-order valence-corrected chi connectivity index (χ4v) is 1.76. The van der Waals surface area contributed by atoms with Gasteiger partial charge in [0.05, 0.1) is 12.5 Å². The Bertz CT molecular complexity index is 282. The zero-order chi connectivity index (χ0) is 12.2. The average Bonchev–Trinajstić information content (AvgIpc) is 2.62. The Labute approximate surface area is 99.4 Å². The molecule has 1 rings (SSSR count). The summed E-state index contributed by atoms with van der Waals surface area (Å²) in [5.41, 5.74) is 1.62. The number of nitrogens with one attached hydrogen (secondary N) is 1. The van der Waals surface area contributed by atoms with E-state index in [0.29, 0.717) is 17.4 Å². The molecular weight excluding hydrogens is 198 g/mol. The molecule has 0 aliphatic rings. The molecule has 1 N–H and O–H groups in total. The lowest BCUT2D eigenvalue weighted by Gasteiger charge is -2.31. The molecule has 0 amide bonds. The van der Waals surface area contributed by atoms with Crippen molar-refractivity contribution < 1.29 is 4.42 Å². The lowest BCUT2D eigenvalue weighted by Crippen LogP contribution is -2.36. The van der Waals surface area contributed by atoms with Gasteiger partial charge in [0.25, 0.3) is 0 Å². The van der Waals surface area contributed by atoms with E-state index < -0.39 is 0 Å². The molecule has 1 heterocycles. The van der Waals surface area contributed by atoms with Crippen LogP contribution in [0.1, 0.15) is 40.2 Å². The molecule has 16 heavy (non-hydrogen) atoms. The van der Waals surface area contributed by atoms with Crippen LogP contribution in [-0.2, 0) is 6.42 Å². The number of hydrogen-bond donors (Lipinski definition) is 1. The molecule has 0 aliphatic carbocycles. The van der Waals surface area contributed by atoms with Crippen molar-refractivity contribution in [2.45, 2.75) is 47.1 Å². The van der Waals surface area contributed by atoms with Crippen LogP contribution in [0, 0.1) is 11.3 Å². The highest BCUT2D eigenvalue weighted by Gasteiger charge is 2.24. The molecule has 0 saturated carbocycles. The van der Waals surface area contributed by atoms with Gasteiger partial charge < -0.3 is 9.73 Å². The number of hydrogen-bond acceptors (Lipinski definition) is 2. The summed E-state index contributed by atoms with van der Waals surface area (Å²) in [6.07, 6.45) is 4.69. The summed E-state index contributed by atoms with van der Waals surface area (Å²) in [6.45, 7) is 12.4. The molecule has 1 atom stereocenters. The summed E-state index contributed by atoms with van der Waals surface area (Å²) in [5, 5.41) is 3.53. The van der Waals surface area contributed by atoms with Crippen molar-refractivity contribution in [1.29, 1.82) is 0 Å². The molecule has 0 saturated heterocycles. The molecule has 0 aromatic carbocycles. The molecule has 0 fully saturated rings. The van der Waals surface area contributed by atoms with Gasteiger partial charge in [-0.15, -0.1) is 0 Å². The highest BCUT2D eigenvalue weighted by Crippen LogP contribution is 2.28. The van der Waals surface area contributed by atoms with Crippen LogP contribution in [0.15, 0.2) is 23.0 Å². The number of furan rings is 1. The minimum absolute atomic E-state index is 0.319. The molecule has 0 aliphatic heterocycles.